The standard InChI is InChI=1S/C23H17Cl2N3O2/c24-18-12-7-13-19(25)17(18)14-28-21(15-8-3-1-4-9-15)20(23(30)27-28)26-22(29)16-10-5-2-6-11-16/h1-14,20-21H,(H-,26,27,29,30)/p+1/b28-14-/t20-,21-/m0/s1. The van der Waals surface area contributed by atoms with Crippen molar-refractivity contribution in [2.75, 3.05) is 0 Å². The van der Waals surface area contributed by atoms with E-state index >= 15 is 0 Å². The number of hydrogen-bond donors (Lipinski definition) is 2. The van der Waals surface area contributed by atoms with Crippen LogP contribution in [0, 0.1) is 0 Å². The van der Waals surface area contributed by atoms with E-state index in [9.17, 15) is 9.59 Å². The summed E-state index contributed by atoms with van der Waals surface area (Å²) in [5.41, 5.74) is 4.74. The Morgan fingerprint density at radius 1 is 0.900 bits per heavy atom. The second kappa shape index (κ2) is 8.69. The lowest BCUT2D eigenvalue weighted by atomic mass is 10.00. The van der Waals surface area contributed by atoms with Crippen molar-refractivity contribution in [3.05, 3.63) is 106 Å². The van der Waals surface area contributed by atoms with Crippen LogP contribution in [0.3, 0.4) is 0 Å². The fraction of sp³-hybridized carbons (Fsp3) is 0.0870. The summed E-state index contributed by atoms with van der Waals surface area (Å²) in [5, 5.41) is 3.78. The zero-order valence-electron chi connectivity index (χ0n) is 15.8. The van der Waals surface area contributed by atoms with Gasteiger partial charge in [-0.15, -0.1) is 10.1 Å². The first-order valence-electron chi connectivity index (χ1n) is 9.33. The van der Waals surface area contributed by atoms with E-state index in [1.54, 1.807) is 53.4 Å². The van der Waals surface area contributed by atoms with Crippen LogP contribution in [0.15, 0.2) is 78.9 Å². The van der Waals surface area contributed by atoms with Crippen LogP contribution in [0.2, 0.25) is 10.0 Å². The third-order valence-electron chi connectivity index (χ3n) is 4.87. The van der Waals surface area contributed by atoms with Crippen molar-refractivity contribution in [1.82, 2.24) is 10.7 Å². The van der Waals surface area contributed by atoms with Crippen LogP contribution < -0.4 is 10.7 Å². The molecular formula is C23H18Cl2N3O2+. The van der Waals surface area contributed by atoms with Crippen LogP contribution in [-0.4, -0.2) is 28.8 Å². The summed E-state index contributed by atoms with van der Waals surface area (Å²) >= 11 is 12.6. The van der Waals surface area contributed by atoms with Gasteiger partial charge in [0.2, 0.25) is 12.3 Å². The van der Waals surface area contributed by atoms with E-state index in [-0.39, 0.29) is 11.8 Å². The molecule has 7 heteroatoms. The van der Waals surface area contributed by atoms with Gasteiger partial charge in [0.15, 0.2) is 6.04 Å². The third-order valence-corrected chi connectivity index (χ3v) is 5.53. The molecule has 4 rings (SSSR count). The van der Waals surface area contributed by atoms with Crippen molar-refractivity contribution in [2.45, 2.75) is 12.1 Å². The van der Waals surface area contributed by atoms with Gasteiger partial charge in [0, 0.05) is 11.1 Å². The zero-order valence-corrected chi connectivity index (χ0v) is 17.3. The maximum atomic E-state index is 12.8. The minimum absolute atomic E-state index is 0.325. The summed E-state index contributed by atoms with van der Waals surface area (Å²) < 4.78 is 1.64. The summed E-state index contributed by atoms with van der Waals surface area (Å²) in [6, 6.07) is 22.2. The van der Waals surface area contributed by atoms with Gasteiger partial charge in [0.1, 0.15) is 0 Å². The molecule has 2 atom stereocenters. The lowest BCUT2D eigenvalue weighted by molar-refractivity contribution is -0.596. The number of nitrogens with one attached hydrogen (secondary N) is 2. The molecule has 30 heavy (non-hydrogen) atoms. The van der Waals surface area contributed by atoms with Crippen molar-refractivity contribution in [3.63, 3.8) is 0 Å². The topological polar surface area (TPSA) is 61.2 Å². The fourth-order valence-corrected chi connectivity index (χ4v) is 3.91. The molecule has 1 aliphatic rings. The highest BCUT2D eigenvalue weighted by atomic mass is 35.5. The van der Waals surface area contributed by atoms with Crippen molar-refractivity contribution in [3.8, 4) is 0 Å². The third kappa shape index (κ3) is 4.08. The van der Waals surface area contributed by atoms with Crippen LogP contribution in [0.4, 0.5) is 0 Å². The van der Waals surface area contributed by atoms with E-state index in [1.807, 2.05) is 36.4 Å². The highest BCUT2D eigenvalue weighted by Crippen LogP contribution is 2.27. The predicted octanol–water partition coefficient (Wildman–Crippen LogP) is 4.01. The summed E-state index contributed by atoms with van der Waals surface area (Å²) in [7, 11) is 0. The van der Waals surface area contributed by atoms with Crippen LogP contribution in [0.25, 0.3) is 0 Å². The first kappa shape index (κ1) is 20.1. The second-order valence-corrected chi connectivity index (χ2v) is 7.63. The number of hydrogen-bond acceptors (Lipinski definition) is 2. The van der Waals surface area contributed by atoms with Crippen LogP contribution in [0.1, 0.15) is 27.5 Å². The van der Waals surface area contributed by atoms with Crippen molar-refractivity contribution >= 4 is 41.2 Å². The largest absolute Gasteiger partial charge is 0.334 e. The Kier molecular flexibility index (Phi) is 5.84. The SMILES string of the molecule is O=C(N[C@@H]1C(=O)N/[N+](=C\c2c(Cl)cccc2Cl)[C@H]1c1ccccc1)c1ccccc1. The molecule has 0 saturated carbocycles. The summed E-state index contributed by atoms with van der Waals surface area (Å²) in [6.45, 7) is 0. The normalized spacial score (nSPS) is 19.5. The smallest absolute Gasteiger partial charge is 0.304 e. The molecule has 5 nitrogen and oxygen atoms in total. The summed E-state index contributed by atoms with van der Waals surface area (Å²) in [4.78, 5) is 25.6. The summed E-state index contributed by atoms with van der Waals surface area (Å²) in [5.74, 6) is -0.651. The number of rotatable bonds is 4. The van der Waals surface area contributed by atoms with Crippen LogP contribution in [-0.2, 0) is 4.79 Å². The molecule has 3 aromatic carbocycles. The van der Waals surface area contributed by atoms with Gasteiger partial charge >= 0.3 is 5.91 Å². The molecule has 0 radical (unpaired) electrons. The van der Waals surface area contributed by atoms with E-state index in [4.69, 9.17) is 23.2 Å². The first-order valence-corrected chi connectivity index (χ1v) is 10.1. The number of hydrazine groups is 1. The second-order valence-electron chi connectivity index (χ2n) is 6.82. The molecule has 0 spiro atoms. The lowest BCUT2D eigenvalue weighted by Gasteiger charge is -2.14. The lowest BCUT2D eigenvalue weighted by Crippen LogP contribution is -2.42. The van der Waals surface area contributed by atoms with Gasteiger partial charge in [0.05, 0.1) is 15.6 Å². The Bertz CT molecular complexity index is 1100. The molecule has 2 amide bonds. The highest BCUT2D eigenvalue weighted by Gasteiger charge is 2.47. The monoisotopic (exact) mass is 438 g/mol. The van der Waals surface area contributed by atoms with Crippen molar-refractivity contribution in [1.29, 1.82) is 0 Å². The number of amides is 2. The number of nitrogens with zero attached hydrogens (tertiary/aromatic N) is 1. The van der Waals surface area contributed by atoms with Gasteiger partial charge in [0.25, 0.3) is 5.91 Å². The number of hydrazone groups is 1. The van der Waals surface area contributed by atoms with Crippen molar-refractivity contribution in [2.24, 2.45) is 0 Å². The van der Waals surface area contributed by atoms with Crippen LogP contribution in [0.5, 0.6) is 0 Å². The Morgan fingerprint density at radius 3 is 2.13 bits per heavy atom. The molecule has 150 valence electrons. The van der Waals surface area contributed by atoms with Gasteiger partial charge < -0.3 is 5.32 Å². The number of carbonyl (C=O) groups excluding carboxylic acids is 2. The molecule has 0 aliphatic carbocycles. The molecule has 0 unspecified atom stereocenters. The minimum atomic E-state index is -0.808. The van der Waals surface area contributed by atoms with Gasteiger partial charge in [-0.2, -0.15) is 0 Å². The quantitative estimate of drug-likeness (QED) is 0.604. The van der Waals surface area contributed by atoms with Crippen molar-refractivity contribution < 1.29 is 14.3 Å². The first-order chi connectivity index (χ1) is 14.5. The fourth-order valence-electron chi connectivity index (χ4n) is 3.42. The number of halogens is 2. The van der Waals surface area contributed by atoms with Gasteiger partial charge in [-0.05, 0) is 24.3 Å². The van der Waals surface area contributed by atoms with E-state index in [0.29, 0.717) is 21.2 Å². The highest BCUT2D eigenvalue weighted by molar-refractivity contribution is 6.38. The van der Waals surface area contributed by atoms with E-state index in [1.165, 1.54) is 0 Å². The Labute approximate surface area is 183 Å². The number of carbonyl (C=O) groups is 2. The molecule has 0 bridgehead atoms. The molecule has 1 fully saturated rings. The van der Waals surface area contributed by atoms with E-state index < -0.39 is 12.1 Å². The maximum absolute atomic E-state index is 12.8. The average molecular weight is 439 g/mol. The molecule has 2 N–H and O–H groups in total. The van der Waals surface area contributed by atoms with E-state index in [2.05, 4.69) is 10.7 Å². The predicted molar refractivity (Wildman–Crippen MR) is 117 cm³/mol. The van der Waals surface area contributed by atoms with Crippen LogP contribution >= 0.6 is 23.2 Å². The zero-order chi connectivity index (χ0) is 21.1. The summed E-state index contributed by atoms with van der Waals surface area (Å²) in [6.07, 6.45) is 1.69. The molecular weight excluding hydrogens is 421 g/mol. The van der Waals surface area contributed by atoms with Gasteiger partial charge in [-0.3, -0.25) is 9.59 Å². The molecule has 1 saturated heterocycles. The molecule has 3 aromatic rings. The van der Waals surface area contributed by atoms with E-state index in [0.717, 1.165) is 5.56 Å². The molecule has 1 aliphatic heterocycles. The Morgan fingerprint density at radius 2 is 1.50 bits per heavy atom. The minimum Gasteiger partial charge on any atom is -0.334 e. The Hall–Kier alpha value is -3.15. The molecule has 1 heterocycles. The molecule has 0 aromatic heterocycles. The Balaban J connectivity index is 1.74. The maximum Gasteiger partial charge on any atom is 0.304 e. The average Bonchev–Trinajstić information content (AvgIpc) is 3.07. The number of benzene rings is 3. The van der Waals surface area contributed by atoms with Gasteiger partial charge in [-0.25, -0.2) is 0 Å². The van der Waals surface area contributed by atoms with Gasteiger partial charge in [-0.1, -0.05) is 77.8 Å².